The van der Waals surface area contributed by atoms with Crippen molar-refractivity contribution in [1.82, 2.24) is 5.32 Å². The van der Waals surface area contributed by atoms with Crippen molar-refractivity contribution in [2.45, 2.75) is 6.42 Å². The van der Waals surface area contributed by atoms with Gasteiger partial charge in [0.25, 0.3) is 11.6 Å². The van der Waals surface area contributed by atoms with Gasteiger partial charge in [-0.15, -0.1) is 0 Å². The molecule has 0 aliphatic rings. The van der Waals surface area contributed by atoms with Crippen LogP contribution in [0.1, 0.15) is 5.56 Å². The predicted octanol–water partition coefficient (Wildman–Crippen LogP) is 1.90. The number of hydrogen-bond donors (Lipinski definition) is 2. The number of carbonyl (C=O) groups is 2. The van der Waals surface area contributed by atoms with E-state index >= 15 is 0 Å². The molecule has 0 aromatic heterocycles. The molecule has 2 N–H and O–H groups in total. The molecule has 2 aromatic rings. The normalized spacial score (nSPS) is 9.96. The Bertz CT molecular complexity index is 757. The average molecular weight is 343 g/mol. The summed E-state index contributed by atoms with van der Waals surface area (Å²) < 4.78 is 5.28. The zero-order chi connectivity index (χ0) is 18.2. The van der Waals surface area contributed by atoms with E-state index in [0.29, 0.717) is 11.4 Å². The van der Waals surface area contributed by atoms with Gasteiger partial charge in [-0.1, -0.05) is 12.1 Å². The fourth-order valence-electron chi connectivity index (χ4n) is 1.99. The maximum atomic E-state index is 11.9. The van der Waals surface area contributed by atoms with Crippen LogP contribution in [0.4, 0.5) is 11.4 Å². The van der Waals surface area contributed by atoms with Crippen molar-refractivity contribution in [3.8, 4) is 5.75 Å². The SMILES string of the molecule is CNC(=O)Cc1ccc(NC(=O)COc2ccc([N+](=O)[O-])cc2)cc1. The topological polar surface area (TPSA) is 111 Å². The largest absolute Gasteiger partial charge is 0.484 e. The molecule has 25 heavy (non-hydrogen) atoms. The Labute approximate surface area is 144 Å². The lowest BCUT2D eigenvalue weighted by Crippen LogP contribution is -2.21. The maximum absolute atomic E-state index is 11.9. The van der Waals surface area contributed by atoms with E-state index in [9.17, 15) is 19.7 Å². The van der Waals surface area contributed by atoms with E-state index in [2.05, 4.69) is 10.6 Å². The van der Waals surface area contributed by atoms with Gasteiger partial charge < -0.3 is 15.4 Å². The number of hydrogen-bond acceptors (Lipinski definition) is 5. The molecule has 0 atom stereocenters. The van der Waals surface area contributed by atoms with E-state index in [1.807, 2.05) is 0 Å². The van der Waals surface area contributed by atoms with Gasteiger partial charge in [-0.05, 0) is 29.8 Å². The van der Waals surface area contributed by atoms with Crippen molar-refractivity contribution in [1.29, 1.82) is 0 Å². The predicted molar refractivity (Wildman–Crippen MR) is 91.4 cm³/mol. The van der Waals surface area contributed by atoms with Gasteiger partial charge in [-0.2, -0.15) is 0 Å². The second-order valence-corrected chi connectivity index (χ2v) is 5.13. The van der Waals surface area contributed by atoms with Crippen LogP contribution in [0.5, 0.6) is 5.75 Å². The van der Waals surface area contributed by atoms with E-state index < -0.39 is 4.92 Å². The van der Waals surface area contributed by atoms with Crippen molar-refractivity contribution < 1.29 is 19.2 Å². The molecule has 2 amide bonds. The Morgan fingerprint density at radius 3 is 2.24 bits per heavy atom. The standard InChI is InChI=1S/C17H17N3O5/c1-18-16(21)10-12-2-4-13(5-3-12)19-17(22)11-25-15-8-6-14(7-9-15)20(23)24/h2-9H,10-11H2,1H3,(H,18,21)(H,19,22). The summed E-state index contributed by atoms with van der Waals surface area (Å²) >= 11 is 0. The third-order valence-electron chi connectivity index (χ3n) is 3.30. The highest BCUT2D eigenvalue weighted by molar-refractivity contribution is 5.92. The average Bonchev–Trinajstić information content (AvgIpc) is 2.62. The fraction of sp³-hybridized carbons (Fsp3) is 0.176. The zero-order valence-corrected chi connectivity index (χ0v) is 13.5. The molecule has 0 bridgehead atoms. The number of rotatable bonds is 7. The number of carbonyl (C=O) groups excluding carboxylic acids is 2. The molecule has 0 saturated heterocycles. The van der Waals surface area contributed by atoms with Crippen molar-refractivity contribution in [3.05, 3.63) is 64.2 Å². The summed E-state index contributed by atoms with van der Waals surface area (Å²) in [6, 6.07) is 12.4. The summed E-state index contributed by atoms with van der Waals surface area (Å²) in [7, 11) is 1.57. The van der Waals surface area contributed by atoms with Gasteiger partial charge in [0.2, 0.25) is 5.91 Å². The van der Waals surface area contributed by atoms with Crippen LogP contribution in [-0.2, 0) is 16.0 Å². The Kier molecular flexibility index (Phi) is 6.05. The number of benzene rings is 2. The molecule has 0 unspecified atom stereocenters. The van der Waals surface area contributed by atoms with Gasteiger partial charge in [-0.3, -0.25) is 19.7 Å². The summed E-state index contributed by atoms with van der Waals surface area (Å²) in [5, 5.41) is 15.8. The summed E-state index contributed by atoms with van der Waals surface area (Å²) in [5.41, 5.74) is 1.37. The smallest absolute Gasteiger partial charge is 0.269 e. The molecule has 0 spiro atoms. The van der Waals surface area contributed by atoms with Crippen molar-refractivity contribution >= 4 is 23.2 Å². The van der Waals surface area contributed by atoms with Gasteiger partial charge in [-0.25, -0.2) is 0 Å². The van der Waals surface area contributed by atoms with Gasteiger partial charge in [0.1, 0.15) is 5.75 Å². The van der Waals surface area contributed by atoms with E-state index in [0.717, 1.165) is 5.56 Å². The molecule has 2 aromatic carbocycles. The van der Waals surface area contributed by atoms with Crippen LogP contribution < -0.4 is 15.4 Å². The molecular formula is C17H17N3O5. The first-order valence-corrected chi connectivity index (χ1v) is 7.44. The molecule has 0 aliphatic carbocycles. The number of ether oxygens (including phenoxy) is 1. The number of non-ortho nitro benzene ring substituents is 1. The van der Waals surface area contributed by atoms with Crippen molar-refractivity contribution in [2.24, 2.45) is 0 Å². The Morgan fingerprint density at radius 1 is 1.04 bits per heavy atom. The fourth-order valence-corrected chi connectivity index (χ4v) is 1.99. The van der Waals surface area contributed by atoms with Gasteiger partial charge >= 0.3 is 0 Å². The minimum absolute atomic E-state index is 0.0476. The highest BCUT2D eigenvalue weighted by Gasteiger charge is 2.07. The van der Waals surface area contributed by atoms with Crippen LogP contribution in [0.25, 0.3) is 0 Å². The molecule has 130 valence electrons. The lowest BCUT2D eigenvalue weighted by atomic mass is 10.1. The second-order valence-electron chi connectivity index (χ2n) is 5.13. The summed E-state index contributed by atoms with van der Waals surface area (Å²) in [4.78, 5) is 33.2. The highest BCUT2D eigenvalue weighted by atomic mass is 16.6. The van der Waals surface area contributed by atoms with Crippen molar-refractivity contribution in [3.63, 3.8) is 0 Å². The first-order chi connectivity index (χ1) is 12.0. The Hall–Kier alpha value is -3.42. The van der Waals surface area contributed by atoms with E-state index in [1.54, 1.807) is 31.3 Å². The van der Waals surface area contributed by atoms with Crippen LogP contribution in [0.3, 0.4) is 0 Å². The molecular weight excluding hydrogens is 326 g/mol. The maximum Gasteiger partial charge on any atom is 0.269 e. The molecule has 2 rings (SSSR count). The van der Waals surface area contributed by atoms with E-state index in [-0.39, 0.29) is 30.5 Å². The monoisotopic (exact) mass is 343 g/mol. The number of nitro benzene ring substituents is 1. The second kappa shape index (κ2) is 8.44. The number of likely N-dealkylation sites (N-methyl/N-ethyl adjacent to an activating group) is 1. The minimum atomic E-state index is -0.510. The zero-order valence-electron chi connectivity index (χ0n) is 13.5. The number of amides is 2. The molecule has 0 radical (unpaired) electrons. The van der Waals surface area contributed by atoms with Crippen LogP contribution in [0.2, 0.25) is 0 Å². The Morgan fingerprint density at radius 2 is 1.68 bits per heavy atom. The van der Waals surface area contributed by atoms with E-state index in [4.69, 9.17) is 4.74 Å². The first kappa shape index (κ1) is 17.9. The van der Waals surface area contributed by atoms with Crippen molar-refractivity contribution in [2.75, 3.05) is 19.0 Å². The molecule has 8 nitrogen and oxygen atoms in total. The lowest BCUT2D eigenvalue weighted by molar-refractivity contribution is -0.384. The number of nitrogens with zero attached hydrogens (tertiary/aromatic N) is 1. The third-order valence-corrected chi connectivity index (χ3v) is 3.30. The molecule has 0 aliphatic heterocycles. The van der Waals surface area contributed by atoms with E-state index in [1.165, 1.54) is 24.3 Å². The molecule has 0 saturated carbocycles. The quantitative estimate of drug-likeness (QED) is 0.589. The lowest BCUT2D eigenvalue weighted by Gasteiger charge is -2.08. The number of nitrogens with one attached hydrogen (secondary N) is 2. The van der Waals surface area contributed by atoms with Crippen LogP contribution >= 0.6 is 0 Å². The van der Waals surface area contributed by atoms with Gasteiger partial charge in [0.15, 0.2) is 6.61 Å². The summed E-state index contributed by atoms with van der Waals surface area (Å²) in [5.74, 6) is -0.0904. The Balaban J connectivity index is 1.83. The third kappa shape index (κ3) is 5.61. The minimum Gasteiger partial charge on any atom is -0.484 e. The molecule has 0 fully saturated rings. The van der Waals surface area contributed by atoms with Crippen LogP contribution in [0.15, 0.2) is 48.5 Å². The molecule has 0 heterocycles. The summed E-state index contributed by atoms with van der Waals surface area (Å²) in [6.45, 7) is -0.224. The van der Waals surface area contributed by atoms with Crippen LogP contribution in [0, 0.1) is 10.1 Å². The number of nitro groups is 1. The van der Waals surface area contributed by atoms with Crippen LogP contribution in [-0.4, -0.2) is 30.4 Å². The number of anilines is 1. The van der Waals surface area contributed by atoms with Gasteiger partial charge in [0, 0.05) is 24.9 Å². The first-order valence-electron chi connectivity index (χ1n) is 7.44. The van der Waals surface area contributed by atoms with Gasteiger partial charge in [0.05, 0.1) is 11.3 Å². The summed E-state index contributed by atoms with van der Waals surface area (Å²) in [6.07, 6.45) is 0.272. The highest BCUT2D eigenvalue weighted by Crippen LogP contribution is 2.17. The molecule has 8 heteroatoms.